The maximum absolute atomic E-state index is 11.7. The molecule has 0 rings (SSSR count). The average Bonchev–Trinajstić information content (AvgIpc) is 2.30. The largest absolute Gasteiger partial charge is 0.481 e. The molecule has 0 heterocycles. The van der Waals surface area contributed by atoms with Crippen LogP contribution in [-0.4, -0.2) is 48.1 Å². The van der Waals surface area contributed by atoms with Gasteiger partial charge < -0.3 is 10.4 Å². The number of rotatable bonds is 9. The fourth-order valence-corrected chi connectivity index (χ4v) is 1.40. The summed E-state index contributed by atoms with van der Waals surface area (Å²) in [6.07, 6.45) is 3.30. The van der Waals surface area contributed by atoms with E-state index in [1.807, 2.05) is 0 Å². The third-order valence-electron chi connectivity index (χ3n) is 2.80. The van der Waals surface area contributed by atoms with Crippen LogP contribution in [0.15, 0.2) is 0 Å². The highest BCUT2D eigenvalue weighted by atomic mass is 16.4. The van der Waals surface area contributed by atoms with Crippen molar-refractivity contribution in [3.05, 3.63) is 0 Å². The lowest BCUT2D eigenvalue weighted by molar-refractivity contribution is -0.138. The van der Waals surface area contributed by atoms with Gasteiger partial charge in [0.25, 0.3) is 0 Å². The van der Waals surface area contributed by atoms with E-state index in [1.54, 1.807) is 18.9 Å². The monoisotopic (exact) mass is 244 g/mol. The van der Waals surface area contributed by atoms with Gasteiger partial charge in [0, 0.05) is 13.1 Å². The van der Waals surface area contributed by atoms with Gasteiger partial charge in [0.2, 0.25) is 5.91 Å². The van der Waals surface area contributed by atoms with Crippen LogP contribution in [0.25, 0.3) is 0 Å². The molecule has 0 radical (unpaired) electrons. The Kier molecular flexibility index (Phi) is 8.40. The standard InChI is InChI=1S/C12H24N2O3/c1-4-5-6-8-13-12(17)10(2)14(3)9-7-11(15)16/h10H,4-9H2,1-3H3,(H,13,17)(H,15,16). The third kappa shape index (κ3) is 7.74. The number of aliphatic carboxylic acids is 1. The second-order valence-corrected chi connectivity index (χ2v) is 4.30. The van der Waals surface area contributed by atoms with Gasteiger partial charge in [0.05, 0.1) is 12.5 Å². The molecule has 0 aromatic rings. The summed E-state index contributed by atoms with van der Waals surface area (Å²) in [5.74, 6) is -0.874. The lowest BCUT2D eigenvalue weighted by Gasteiger charge is -2.23. The molecule has 5 heteroatoms. The molecule has 1 amide bonds. The van der Waals surface area contributed by atoms with Gasteiger partial charge in [-0.05, 0) is 20.4 Å². The summed E-state index contributed by atoms with van der Waals surface area (Å²) >= 11 is 0. The van der Waals surface area contributed by atoms with Crippen LogP contribution in [0.1, 0.15) is 39.5 Å². The summed E-state index contributed by atoms with van der Waals surface area (Å²) in [5, 5.41) is 11.4. The fourth-order valence-electron chi connectivity index (χ4n) is 1.40. The van der Waals surface area contributed by atoms with Crippen molar-refractivity contribution in [2.45, 2.75) is 45.6 Å². The molecule has 0 aromatic carbocycles. The first-order chi connectivity index (χ1) is 7.99. The zero-order valence-corrected chi connectivity index (χ0v) is 11.0. The minimum Gasteiger partial charge on any atom is -0.481 e. The molecule has 0 saturated carbocycles. The van der Waals surface area contributed by atoms with E-state index in [4.69, 9.17) is 5.11 Å². The zero-order valence-electron chi connectivity index (χ0n) is 11.0. The van der Waals surface area contributed by atoms with E-state index in [-0.39, 0.29) is 18.4 Å². The number of nitrogens with zero attached hydrogens (tertiary/aromatic N) is 1. The van der Waals surface area contributed by atoms with Gasteiger partial charge in [-0.3, -0.25) is 14.5 Å². The summed E-state index contributed by atoms with van der Waals surface area (Å²) in [7, 11) is 1.76. The second kappa shape index (κ2) is 8.98. The van der Waals surface area contributed by atoms with Gasteiger partial charge in [-0.25, -0.2) is 0 Å². The van der Waals surface area contributed by atoms with E-state index in [9.17, 15) is 9.59 Å². The normalized spacial score (nSPS) is 12.5. The third-order valence-corrected chi connectivity index (χ3v) is 2.80. The first-order valence-electron chi connectivity index (χ1n) is 6.18. The van der Waals surface area contributed by atoms with Crippen LogP contribution < -0.4 is 5.32 Å². The predicted molar refractivity (Wildman–Crippen MR) is 66.9 cm³/mol. The number of hydrogen-bond donors (Lipinski definition) is 2. The van der Waals surface area contributed by atoms with E-state index in [2.05, 4.69) is 12.2 Å². The number of carbonyl (C=O) groups is 2. The summed E-state index contributed by atoms with van der Waals surface area (Å²) in [6.45, 7) is 4.99. The summed E-state index contributed by atoms with van der Waals surface area (Å²) in [5.41, 5.74) is 0. The molecule has 5 nitrogen and oxygen atoms in total. The van der Waals surface area contributed by atoms with Crippen LogP contribution in [0.5, 0.6) is 0 Å². The number of unbranched alkanes of at least 4 members (excludes halogenated alkanes) is 2. The van der Waals surface area contributed by atoms with E-state index in [0.717, 1.165) is 19.3 Å². The van der Waals surface area contributed by atoms with Crippen LogP contribution in [0.3, 0.4) is 0 Å². The smallest absolute Gasteiger partial charge is 0.304 e. The highest BCUT2D eigenvalue weighted by Gasteiger charge is 2.17. The molecule has 0 bridgehead atoms. The van der Waals surface area contributed by atoms with Crippen molar-refractivity contribution in [2.24, 2.45) is 0 Å². The topological polar surface area (TPSA) is 69.6 Å². The molecule has 0 aliphatic carbocycles. The van der Waals surface area contributed by atoms with Crippen molar-refractivity contribution in [3.8, 4) is 0 Å². The summed E-state index contributed by atoms with van der Waals surface area (Å²) in [6, 6.07) is -0.282. The SMILES string of the molecule is CCCCCNC(=O)C(C)N(C)CCC(=O)O. The number of carboxylic acid groups (broad SMARTS) is 1. The molecular weight excluding hydrogens is 220 g/mol. The zero-order chi connectivity index (χ0) is 13.3. The van der Waals surface area contributed by atoms with E-state index in [1.165, 1.54) is 0 Å². The molecule has 0 aliphatic rings. The minimum atomic E-state index is -0.840. The first kappa shape index (κ1) is 15.9. The molecule has 0 saturated heterocycles. The van der Waals surface area contributed by atoms with Crippen molar-refractivity contribution in [1.82, 2.24) is 10.2 Å². The number of likely N-dealkylation sites (N-methyl/N-ethyl adjacent to an activating group) is 1. The number of carbonyl (C=O) groups excluding carboxylic acids is 1. The van der Waals surface area contributed by atoms with Gasteiger partial charge in [0.1, 0.15) is 0 Å². The van der Waals surface area contributed by atoms with Crippen molar-refractivity contribution in [1.29, 1.82) is 0 Å². The minimum absolute atomic E-state index is 0.0333. The van der Waals surface area contributed by atoms with E-state index < -0.39 is 5.97 Å². The second-order valence-electron chi connectivity index (χ2n) is 4.30. The molecule has 0 spiro atoms. The molecule has 0 fully saturated rings. The van der Waals surface area contributed by atoms with Crippen molar-refractivity contribution < 1.29 is 14.7 Å². The van der Waals surface area contributed by atoms with E-state index in [0.29, 0.717) is 13.1 Å². The Bertz CT molecular complexity index is 244. The van der Waals surface area contributed by atoms with Gasteiger partial charge in [0.15, 0.2) is 0 Å². The quantitative estimate of drug-likeness (QED) is 0.596. The highest BCUT2D eigenvalue weighted by Crippen LogP contribution is 1.98. The van der Waals surface area contributed by atoms with Crippen LogP contribution in [-0.2, 0) is 9.59 Å². The van der Waals surface area contributed by atoms with E-state index >= 15 is 0 Å². The lowest BCUT2D eigenvalue weighted by atomic mass is 10.2. The van der Waals surface area contributed by atoms with Gasteiger partial charge in [-0.2, -0.15) is 0 Å². The van der Waals surface area contributed by atoms with Crippen molar-refractivity contribution >= 4 is 11.9 Å². The van der Waals surface area contributed by atoms with Crippen molar-refractivity contribution in [2.75, 3.05) is 20.1 Å². The molecule has 100 valence electrons. The Morgan fingerprint density at radius 3 is 2.53 bits per heavy atom. The van der Waals surface area contributed by atoms with Crippen LogP contribution in [0, 0.1) is 0 Å². The summed E-state index contributed by atoms with van der Waals surface area (Å²) in [4.78, 5) is 23.9. The first-order valence-corrected chi connectivity index (χ1v) is 6.18. The summed E-state index contributed by atoms with van der Waals surface area (Å²) < 4.78 is 0. The molecule has 0 aliphatic heterocycles. The van der Waals surface area contributed by atoms with Gasteiger partial charge in [-0.15, -0.1) is 0 Å². The molecule has 17 heavy (non-hydrogen) atoms. The number of nitrogens with one attached hydrogen (secondary N) is 1. The number of hydrogen-bond acceptors (Lipinski definition) is 3. The molecule has 0 aromatic heterocycles. The highest BCUT2D eigenvalue weighted by molar-refractivity contribution is 5.81. The van der Waals surface area contributed by atoms with Crippen molar-refractivity contribution in [3.63, 3.8) is 0 Å². The average molecular weight is 244 g/mol. The molecule has 2 N–H and O–H groups in total. The maximum atomic E-state index is 11.7. The lowest BCUT2D eigenvalue weighted by Crippen LogP contribution is -2.44. The van der Waals surface area contributed by atoms with Crippen LogP contribution >= 0.6 is 0 Å². The Labute approximate surface area is 103 Å². The Balaban J connectivity index is 3.82. The maximum Gasteiger partial charge on any atom is 0.304 e. The Morgan fingerprint density at radius 2 is 2.00 bits per heavy atom. The molecule has 1 unspecified atom stereocenters. The molecular formula is C12H24N2O3. The van der Waals surface area contributed by atoms with Crippen LogP contribution in [0.2, 0.25) is 0 Å². The Hall–Kier alpha value is -1.10. The Morgan fingerprint density at radius 1 is 1.35 bits per heavy atom. The van der Waals surface area contributed by atoms with Gasteiger partial charge in [-0.1, -0.05) is 19.8 Å². The number of amides is 1. The fraction of sp³-hybridized carbons (Fsp3) is 0.833. The van der Waals surface area contributed by atoms with Crippen LogP contribution in [0.4, 0.5) is 0 Å². The van der Waals surface area contributed by atoms with Gasteiger partial charge >= 0.3 is 5.97 Å². The predicted octanol–water partition coefficient (Wildman–Crippen LogP) is 1.09. The molecule has 1 atom stereocenters. The number of carboxylic acids is 1.